The monoisotopic (exact) mass is 299 g/mol. The zero-order chi connectivity index (χ0) is 6.24. The zero-order valence-corrected chi connectivity index (χ0v) is 18.8. The third-order valence-electron chi connectivity index (χ3n) is 0.882. The second kappa shape index (κ2) is 23.4. The molecule has 0 unspecified atom stereocenters. The van der Waals surface area contributed by atoms with Gasteiger partial charge in [0.05, 0.1) is 0 Å². The van der Waals surface area contributed by atoms with E-state index in [0.29, 0.717) is 0 Å². The fourth-order valence-electron chi connectivity index (χ4n) is 0.559. The Hall–Kier alpha value is 3.57. The van der Waals surface area contributed by atoms with Crippen LogP contribution < -0.4 is 116 Å². The smallest absolute Gasteiger partial charge is 0.662 e. The number of hydrogen-bond donors (Lipinski definition) is 0. The Balaban J connectivity index is -0.0000000379. The van der Waals surface area contributed by atoms with E-state index >= 15 is 0 Å². The standard InChI is InChI=1S/C4H8N.C3H8.CH3.2Rb/c1-2-4-5-3-1;1-3-2;;;/h1-4H2;3H2,1-2H3;1H3;;/q-1;;-1;2*+1. The summed E-state index contributed by atoms with van der Waals surface area (Å²) in [5.41, 5.74) is 0. The molecule has 11 heavy (non-hydrogen) atoms. The van der Waals surface area contributed by atoms with Crippen molar-refractivity contribution in [3.8, 4) is 0 Å². The molecule has 0 saturated carbocycles. The van der Waals surface area contributed by atoms with Gasteiger partial charge in [0.15, 0.2) is 0 Å². The molecule has 1 aliphatic rings. The predicted octanol–water partition coefficient (Wildman–Crippen LogP) is -2.97. The SMILES string of the molecule is C1CC[N-]C1.CCC.[CH3-].[Rb+].[Rb+]. The predicted molar refractivity (Wildman–Crippen MR) is 44.7 cm³/mol. The first-order chi connectivity index (χ1) is 3.91. The molecular formula is C8H19NRb2. The van der Waals surface area contributed by atoms with Crippen molar-refractivity contribution < 1.29 is 116 Å². The minimum Gasteiger partial charge on any atom is -0.662 e. The van der Waals surface area contributed by atoms with Crippen LogP contribution in [0.1, 0.15) is 33.1 Å². The van der Waals surface area contributed by atoms with Crippen molar-refractivity contribution >= 4 is 0 Å². The molecule has 3 heteroatoms. The van der Waals surface area contributed by atoms with Crippen LogP contribution in [0, 0.1) is 7.43 Å². The molecule has 1 saturated heterocycles. The van der Waals surface area contributed by atoms with Gasteiger partial charge in [-0.3, -0.25) is 0 Å². The first-order valence-corrected chi connectivity index (χ1v) is 3.55. The minimum atomic E-state index is 0. The van der Waals surface area contributed by atoms with Crippen molar-refractivity contribution in [2.24, 2.45) is 0 Å². The molecule has 1 rings (SSSR count). The Morgan fingerprint density at radius 1 is 1.00 bits per heavy atom. The summed E-state index contributed by atoms with van der Waals surface area (Å²) < 4.78 is 0. The number of hydrogen-bond acceptors (Lipinski definition) is 0. The van der Waals surface area contributed by atoms with Crippen molar-refractivity contribution in [2.75, 3.05) is 13.1 Å². The van der Waals surface area contributed by atoms with E-state index in [1.54, 1.807) is 0 Å². The quantitative estimate of drug-likeness (QED) is 0.424. The van der Waals surface area contributed by atoms with Gasteiger partial charge in [0.1, 0.15) is 0 Å². The van der Waals surface area contributed by atoms with Crippen molar-refractivity contribution in [1.29, 1.82) is 0 Å². The van der Waals surface area contributed by atoms with E-state index in [1.165, 1.54) is 19.3 Å². The topological polar surface area (TPSA) is 14.1 Å². The van der Waals surface area contributed by atoms with Gasteiger partial charge in [0.25, 0.3) is 0 Å². The van der Waals surface area contributed by atoms with E-state index < -0.39 is 0 Å². The van der Waals surface area contributed by atoms with Crippen molar-refractivity contribution in [1.82, 2.24) is 0 Å². The average Bonchev–Trinajstić information content (AvgIpc) is 2.17. The van der Waals surface area contributed by atoms with E-state index in [0.717, 1.165) is 13.1 Å². The summed E-state index contributed by atoms with van der Waals surface area (Å²) in [6.07, 6.45) is 3.92. The molecule has 0 radical (unpaired) electrons. The first-order valence-electron chi connectivity index (χ1n) is 3.55. The molecule has 0 aromatic heterocycles. The summed E-state index contributed by atoms with van der Waals surface area (Å²) >= 11 is 0. The fourth-order valence-corrected chi connectivity index (χ4v) is 0.559. The van der Waals surface area contributed by atoms with Crippen molar-refractivity contribution in [3.05, 3.63) is 12.7 Å². The van der Waals surface area contributed by atoms with E-state index in [-0.39, 0.29) is 124 Å². The molecule has 0 amide bonds. The summed E-state index contributed by atoms with van der Waals surface area (Å²) in [7, 11) is 0. The average molecular weight is 300 g/mol. The van der Waals surface area contributed by atoms with Gasteiger partial charge in [-0.05, 0) is 0 Å². The second-order valence-corrected chi connectivity index (χ2v) is 2.09. The molecular weight excluding hydrogens is 281 g/mol. The van der Waals surface area contributed by atoms with Gasteiger partial charge in [0, 0.05) is 0 Å². The molecule has 0 spiro atoms. The van der Waals surface area contributed by atoms with Gasteiger partial charge in [-0.2, -0.15) is 0 Å². The van der Waals surface area contributed by atoms with Gasteiger partial charge < -0.3 is 12.7 Å². The van der Waals surface area contributed by atoms with E-state index in [2.05, 4.69) is 19.2 Å². The van der Waals surface area contributed by atoms with Crippen LogP contribution in [0.4, 0.5) is 0 Å². The molecule has 0 aromatic carbocycles. The Morgan fingerprint density at radius 2 is 1.27 bits per heavy atom. The Morgan fingerprint density at radius 3 is 1.36 bits per heavy atom. The van der Waals surface area contributed by atoms with E-state index in [1.807, 2.05) is 0 Å². The molecule has 1 nitrogen and oxygen atoms in total. The van der Waals surface area contributed by atoms with Crippen molar-refractivity contribution in [3.63, 3.8) is 0 Å². The van der Waals surface area contributed by atoms with Crippen LogP contribution in [0.5, 0.6) is 0 Å². The van der Waals surface area contributed by atoms with E-state index in [9.17, 15) is 0 Å². The largest absolute Gasteiger partial charge is 1.00 e. The molecule has 0 bridgehead atoms. The molecule has 0 aromatic rings. The molecule has 0 atom stereocenters. The van der Waals surface area contributed by atoms with Crippen LogP contribution in [0.15, 0.2) is 0 Å². The third-order valence-corrected chi connectivity index (χ3v) is 0.882. The van der Waals surface area contributed by atoms with Gasteiger partial charge in [-0.1, -0.05) is 33.1 Å². The molecule has 58 valence electrons. The Kier molecular flexibility index (Phi) is 51.1. The maximum absolute atomic E-state index is 4.08. The summed E-state index contributed by atoms with van der Waals surface area (Å²) in [6.45, 7) is 6.50. The van der Waals surface area contributed by atoms with Gasteiger partial charge >= 0.3 is 116 Å². The summed E-state index contributed by atoms with van der Waals surface area (Å²) in [6, 6.07) is 0. The summed E-state index contributed by atoms with van der Waals surface area (Å²) in [5, 5.41) is 4.08. The molecule has 1 heterocycles. The minimum absolute atomic E-state index is 0. The molecule has 0 N–H and O–H groups in total. The summed E-state index contributed by atoms with van der Waals surface area (Å²) in [4.78, 5) is 0. The molecule has 1 fully saturated rings. The third kappa shape index (κ3) is 24.7. The van der Waals surface area contributed by atoms with Crippen molar-refractivity contribution in [2.45, 2.75) is 33.1 Å². The van der Waals surface area contributed by atoms with Crippen LogP contribution in [0.3, 0.4) is 0 Å². The van der Waals surface area contributed by atoms with Crippen LogP contribution in [0.25, 0.3) is 5.32 Å². The number of rotatable bonds is 0. The summed E-state index contributed by atoms with van der Waals surface area (Å²) in [5.74, 6) is 0. The van der Waals surface area contributed by atoms with Gasteiger partial charge in [0.2, 0.25) is 0 Å². The van der Waals surface area contributed by atoms with E-state index in [4.69, 9.17) is 0 Å². The normalized spacial score (nSPS) is 12.5. The fraction of sp³-hybridized carbons (Fsp3) is 0.875. The maximum atomic E-state index is 4.08. The Labute approximate surface area is 170 Å². The first kappa shape index (κ1) is 24.0. The maximum Gasteiger partial charge on any atom is 1.00 e. The Bertz CT molecular complexity index is 31.5. The molecule has 1 aliphatic heterocycles. The second-order valence-electron chi connectivity index (χ2n) is 2.09. The van der Waals surface area contributed by atoms with Gasteiger partial charge in [-0.25, -0.2) is 0 Å². The van der Waals surface area contributed by atoms with Crippen LogP contribution in [-0.4, -0.2) is 13.1 Å². The number of nitrogens with zero attached hydrogens (tertiary/aromatic N) is 1. The van der Waals surface area contributed by atoms with Crippen LogP contribution >= 0.6 is 0 Å². The van der Waals surface area contributed by atoms with Gasteiger partial charge in [-0.15, -0.1) is 13.1 Å². The molecule has 0 aliphatic carbocycles. The zero-order valence-electron chi connectivity index (χ0n) is 8.98. The van der Waals surface area contributed by atoms with Crippen LogP contribution in [-0.2, 0) is 0 Å². The van der Waals surface area contributed by atoms with Crippen LogP contribution in [0.2, 0.25) is 0 Å².